The normalized spacial score (nSPS) is 11.7. The molecule has 1 aromatic carbocycles. The first-order valence-electron chi connectivity index (χ1n) is 4.96. The Labute approximate surface area is 97.6 Å². The van der Waals surface area contributed by atoms with E-state index in [1.165, 1.54) is 26.1 Å². The van der Waals surface area contributed by atoms with E-state index in [1.54, 1.807) is 0 Å². The highest BCUT2D eigenvalue weighted by molar-refractivity contribution is 5.94. The molecule has 6 heteroatoms. The molecule has 1 rings (SSSR count). The molecule has 92 valence electrons. The van der Waals surface area contributed by atoms with Crippen LogP contribution in [0.25, 0.3) is 0 Å². The molecule has 17 heavy (non-hydrogen) atoms. The number of aliphatic carboxylic acids is 1. The van der Waals surface area contributed by atoms with Crippen LogP contribution in [0.3, 0.4) is 0 Å². The number of amides is 1. The molecule has 0 heterocycles. The predicted molar refractivity (Wildman–Crippen MR) is 60.5 cm³/mol. The summed E-state index contributed by atoms with van der Waals surface area (Å²) in [4.78, 5) is 21.8. The molecule has 3 N–H and O–H groups in total. The van der Waals surface area contributed by atoms with Crippen LogP contribution in [-0.4, -0.2) is 30.1 Å². The summed E-state index contributed by atoms with van der Waals surface area (Å²) in [6, 6.07) is 3.00. The fourth-order valence-electron chi connectivity index (χ4n) is 1.24. The number of carbonyl (C=O) groups is 2. The number of hydrogen-bond donors (Lipinski definition) is 3. The third-order valence-corrected chi connectivity index (χ3v) is 2.19. The van der Waals surface area contributed by atoms with Crippen molar-refractivity contribution in [2.45, 2.75) is 13.0 Å². The Morgan fingerprint density at radius 2 is 2.06 bits per heavy atom. The maximum Gasteiger partial charge on any atom is 0.325 e. The fourth-order valence-corrected chi connectivity index (χ4v) is 1.24. The van der Waals surface area contributed by atoms with Crippen LogP contribution in [0.1, 0.15) is 17.3 Å². The summed E-state index contributed by atoms with van der Waals surface area (Å²) in [6.07, 6.45) is 0. The van der Waals surface area contributed by atoms with Crippen LogP contribution in [0, 0.1) is 5.82 Å². The molecule has 0 saturated heterocycles. The summed E-state index contributed by atoms with van der Waals surface area (Å²) >= 11 is 0. The van der Waals surface area contributed by atoms with E-state index in [4.69, 9.17) is 5.11 Å². The fraction of sp³-hybridized carbons (Fsp3) is 0.273. The van der Waals surface area contributed by atoms with Crippen molar-refractivity contribution in [3.05, 3.63) is 29.6 Å². The molecule has 0 saturated carbocycles. The van der Waals surface area contributed by atoms with Crippen molar-refractivity contribution in [2.75, 3.05) is 12.4 Å². The van der Waals surface area contributed by atoms with Crippen molar-refractivity contribution in [3.8, 4) is 0 Å². The first-order chi connectivity index (χ1) is 7.95. The second kappa shape index (κ2) is 5.29. The number of benzene rings is 1. The topological polar surface area (TPSA) is 78.4 Å². The predicted octanol–water partition coefficient (Wildman–Crippen LogP) is 1.07. The SMILES string of the molecule is CNC(=O)c1ccc(NC(C)C(=O)O)cc1F. The van der Waals surface area contributed by atoms with Gasteiger partial charge in [-0.3, -0.25) is 9.59 Å². The molecular formula is C11H13FN2O3. The molecule has 0 aliphatic heterocycles. The zero-order valence-electron chi connectivity index (χ0n) is 9.45. The van der Waals surface area contributed by atoms with E-state index in [0.717, 1.165) is 6.07 Å². The Morgan fingerprint density at radius 3 is 2.53 bits per heavy atom. The number of nitrogens with one attached hydrogen (secondary N) is 2. The van der Waals surface area contributed by atoms with Crippen LogP contribution in [0.2, 0.25) is 0 Å². The van der Waals surface area contributed by atoms with Crippen molar-refractivity contribution in [1.82, 2.24) is 5.32 Å². The average Bonchev–Trinajstić information content (AvgIpc) is 2.28. The second-order valence-electron chi connectivity index (χ2n) is 3.48. The number of carbonyl (C=O) groups excluding carboxylic acids is 1. The molecule has 0 aliphatic carbocycles. The van der Waals surface area contributed by atoms with Crippen molar-refractivity contribution in [2.24, 2.45) is 0 Å². The van der Waals surface area contributed by atoms with Gasteiger partial charge in [0.15, 0.2) is 0 Å². The minimum atomic E-state index is -1.04. The summed E-state index contributed by atoms with van der Waals surface area (Å²) in [5.41, 5.74) is 0.228. The lowest BCUT2D eigenvalue weighted by Crippen LogP contribution is -2.25. The molecule has 0 fully saturated rings. The highest BCUT2D eigenvalue weighted by atomic mass is 19.1. The number of halogens is 1. The maximum absolute atomic E-state index is 13.5. The number of hydrogen-bond acceptors (Lipinski definition) is 3. The van der Waals surface area contributed by atoms with Gasteiger partial charge in [0.1, 0.15) is 11.9 Å². The minimum Gasteiger partial charge on any atom is -0.480 e. The summed E-state index contributed by atoms with van der Waals surface area (Å²) in [6.45, 7) is 1.44. The third-order valence-electron chi connectivity index (χ3n) is 2.19. The van der Waals surface area contributed by atoms with E-state index < -0.39 is 23.7 Å². The molecule has 0 bridgehead atoms. The van der Waals surface area contributed by atoms with Crippen LogP contribution in [0.5, 0.6) is 0 Å². The van der Waals surface area contributed by atoms with Crippen molar-refractivity contribution < 1.29 is 19.1 Å². The molecule has 5 nitrogen and oxygen atoms in total. The zero-order valence-corrected chi connectivity index (χ0v) is 9.45. The van der Waals surface area contributed by atoms with Crippen LogP contribution >= 0.6 is 0 Å². The average molecular weight is 240 g/mol. The van der Waals surface area contributed by atoms with Crippen molar-refractivity contribution in [3.63, 3.8) is 0 Å². The minimum absolute atomic E-state index is 0.0824. The van der Waals surface area contributed by atoms with Gasteiger partial charge in [-0.1, -0.05) is 0 Å². The van der Waals surface area contributed by atoms with Crippen molar-refractivity contribution >= 4 is 17.6 Å². The van der Waals surface area contributed by atoms with Gasteiger partial charge in [0.2, 0.25) is 0 Å². The van der Waals surface area contributed by atoms with Gasteiger partial charge in [0.25, 0.3) is 5.91 Å². The van der Waals surface area contributed by atoms with Gasteiger partial charge >= 0.3 is 5.97 Å². The van der Waals surface area contributed by atoms with E-state index in [9.17, 15) is 14.0 Å². The molecule has 1 atom stereocenters. The number of anilines is 1. The van der Waals surface area contributed by atoms with Gasteiger partial charge in [-0.15, -0.1) is 0 Å². The highest BCUT2D eigenvalue weighted by Crippen LogP contribution is 2.15. The van der Waals surface area contributed by atoms with Gasteiger partial charge in [-0.2, -0.15) is 0 Å². The lowest BCUT2D eigenvalue weighted by molar-refractivity contribution is -0.137. The Balaban J connectivity index is 2.89. The first kappa shape index (κ1) is 13.0. The Bertz CT molecular complexity index is 448. The highest BCUT2D eigenvalue weighted by Gasteiger charge is 2.13. The lowest BCUT2D eigenvalue weighted by atomic mass is 10.1. The standard InChI is InChI=1S/C11H13FN2O3/c1-6(11(16)17)14-7-3-4-8(9(12)5-7)10(15)13-2/h3-6,14H,1-2H3,(H,13,15)(H,16,17). The molecule has 0 aromatic heterocycles. The Kier molecular flexibility index (Phi) is 4.03. The van der Waals surface area contributed by atoms with Crippen LogP contribution < -0.4 is 10.6 Å². The molecule has 0 spiro atoms. The van der Waals surface area contributed by atoms with E-state index >= 15 is 0 Å². The molecule has 1 unspecified atom stereocenters. The van der Waals surface area contributed by atoms with Gasteiger partial charge in [0, 0.05) is 12.7 Å². The summed E-state index contributed by atoms with van der Waals surface area (Å²) in [5, 5.41) is 13.6. The third kappa shape index (κ3) is 3.17. The van der Waals surface area contributed by atoms with Gasteiger partial charge in [-0.25, -0.2) is 4.39 Å². The summed E-state index contributed by atoms with van der Waals surface area (Å²) in [5.74, 6) is -2.27. The van der Waals surface area contributed by atoms with Crippen LogP contribution in [0.4, 0.5) is 10.1 Å². The van der Waals surface area contributed by atoms with E-state index in [-0.39, 0.29) is 5.56 Å². The van der Waals surface area contributed by atoms with Crippen molar-refractivity contribution in [1.29, 1.82) is 0 Å². The molecule has 1 amide bonds. The quantitative estimate of drug-likeness (QED) is 0.735. The number of carboxylic acid groups (broad SMARTS) is 1. The Morgan fingerprint density at radius 1 is 1.41 bits per heavy atom. The summed E-state index contributed by atoms with van der Waals surface area (Å²) < 4.78 is 13.5. The maximum atomic E-state index is 13.5. The monoisotopic (exact) mass is 240 g/mol. The summed E-state index contributed by atoms with van der Waals surface area (Å²) in [7, 11) is 1.40. The van der Waals surface area contributed by atoms with Gasteiger partial charge in [-0.05, 0) is 25.1 Å². The molecular weight excluding hydrogens is 227 g/mol. The second-order valence-corrected chi connectivity index (χ2v) is 3.48. The lowest BCUT2D eigenvalue weighted by Gasteiger charge is -2.11. The number of rotatable bonds is 4. The van der Waals surface area contributed by atoms with Crippen LogP contribution in [0.15, 0.2) is 18.2 Å². The Hall–Kier alpha value is -2.11. The first-order valence-corrected chi connectivity index (χ1v) is 4.96. The van der Waals surface area contributed by atoms with E-state index in [0.29, 0.717) is 5.69 Å². The number of carboxylic acids is 1. The van der Waals surface area contributed by atoms with E-state index in [2.05, 4.69) is 10.6 Å². The largest absolute Gasteiger partial charge is 0.480 e. The van der Waals surface area contributed by atoms with Crippen LogP contribution in [-0.2, 0) is 4.79 Å². The van der Waals surface area contributed by atoms with Gasteiger partial charge < -0.3 is 15.7 Å². The zero-order chi connectivity index (χ0) is 13.0. The van der Waals surface area contributed by atoms with Gasteiger partial charge in [0.05, 0.1) is 5.56 Å². The smallest absolute Gasteiger partial charge is 0.325 e. The van der Waals surface area contributed by atoms with E-state index in [1.807, 2.05) is 0 Å². The molecule has 0 radical (unpaired) electrons. The molecule has 0 aliphatic rings. The molecule has 1 aromatic rings.